The molecule has 2 rings (SSSR count). The molecule has 31 heavy (non-hydrogen) atoms. The van der Waals surface area contributed by atoms with Gasteiger partial charge in [-0.2, -0.15) is 0 Å². The van der Waals surface area contributed by atoms with Gasteiger partial charge in [0.1, 0.15) is 18.5 Å². The Hall–Kier alpha value is -2.41. The molecule has 0 bridgehead atoms. The summed E-state index contributed by atoms with van der Waals surface area (Å²) in [4.78, 5) is 46.6. The highest BCUT2D eigenvalue weighted by Crippen LogP contribution is 2.32. The Morgan fingerprint density at radius 3 is 1.94 bits per heavy atom. The van der Waals surface area contributed by atoms with Gasteiger partial charge in [0.05, 0.1) is 3.57 Å². The van der Waals surface area contributed by atoms with E-state index in [1.165, 1.54) is 13.8 Å². The summed E-state index contributed by atoms with van der Waals surface area (Å²) >= 11 is 2.05. The Kier molecular flexibility index (Phi) is 9.04. The number of benzene rings is 1. The lowest BCUT2D eigenvalue weighted by Gasteiger charge is -2.44. The number of esters is 4. The number of ether oxygens (including phenoxy) is 6. The molecule has 1 heterocycles. The summed E-state index contributed by atoms with van der Waals surface area (Å²) in [5.74, 6) is -2.27. The molecule has 1 aromatic carbocycles. The van der Waals surface area contributed by atoms with Crippen molar-refractivity contribution in [3.05, 3.63) is 27.8 Å². The van der Waals surface area contributed by atoms with Gasteiger partial charge in [0, 0.05) is 27.7 Å². The second-order valence-corrected chi connectivity index (χ2v) is 7.78. The van der Waals surface area contributed by atoms with Crippen molar-refractivity contribution in [2.24, 2.45) is 0 Å². The molecule has 0 aliphatic carbocycles. The molecule has 0 unspecified atom stereocenters. The van der Waals surface area contributed by atoms with Crippen LogP contribution in [0.3, 0.4) is 0 Å². The predicted octanol–water partition coefficient (Wildman–Crippen LogP) is 1.75. The van der Waals surface area contributed by atoms with Crippen LogP contribution in [0.5, 0.6) is 5.75 Å². The van der Waals surface area contributed by atoms with Crippen LogP contribution >= 0.6 is 22.6 Å². The maximum Gasteiger partial charge on any atom is 0.303 e. The van der Waals surface area contributed by atoms with E-state index in [1.54, 1.807) is 18.2 Å². The zero-order valence-corrected chi connectivity index (χ0v) is 19.5. The quantitative estimate of drug-likeness (QED) is 0.282. The average molecular weight is 550 g/mol. The van der Waals surface area contributed by atoms with Gasteiger partial charge in [-0.1, -0.05) is 12.1 Å². The number of para-hydroxylation sites is 1. The largest absolute Gasteiger partial charge is 0.463 e. The van der Waals surface area contributed by atoms with Gasteiger partial charge in [-0.25, -0.2) is 0 Å². The van der Waals surface area contributed by atoms with Crippen molar-refractivity contribution >= 4 is 46.5 Å². The molecule has 170 valence electrons. The van der Waals surface area contributed by atoms with Crippen LogP contribution in [0.2, 0.25) is 0 Å². The molecule has 10 nitrogen and oxygen atoms in total. The molecule has 1 aliphatic heterocycles. The molecule has 0 N–H and O–H groups in total. The summed E-state index contributed by atoms with van der Waals surface area (Å²) in [5.41, 5.74) is 0. The first-order chi connectivity index (χ1) is 14.6. The van der Waals surface area contributed by atoms with Gasteiger partial charge in [0.25, 0.3) is 0 Å². The molecule has 0 amide bonds. The lowest BCUT2D eigenvalue weighted by atomic mass is 9.98. The number of carbonyl (C=O) groups excluding carboxylic acids is 4. The molecule has 5 atom stereocenters. The Morgan fingerprint density at radius 1 is 0.839 bits per heavy atom. The number of hydrogen-bond acceptors (Lipinski definition) is 10. The number of halogens is 1. The van der Waals surface area contributed by atoms with Gasteiger partial charge in [-0.3, -0.25) is 19.2 Å². The van der Waals surface area contributed by atoms with E-state index in [0.717, 1.165) is 17.4 Å². The normalized spacial score (nSPS) is 25.1. The van der Waals surface area contributed by atoms with Crippen molar-refractivity contribution in [2.45, 2.75) is 58.4 Å². The maximum atomic E-state index is 11.8. The van der Waals surface area contributed by atoms with Crippen LogP contribution in [0.1, 0.15) is 27.7 Å². The van der Waals surface area contributed by atoms with Gasteiger partial charge >= 0.3 is 23.9 Å². The van der Waals surface area contributed by atoms with Crippen molar-refractivity contribution in [3.63, 3.8) is 0 Å². The Labute approximate surface area is 192 Å². The van der Waals surface area contributed by atoms with Crippen LogP contribution < -0.4 is 4.74 Å². The van der Waals surface area contributed by atoms with E-state index in [4.69, 9.17) is 28.4 Å². The molecule has 1 saturated heterocycles. The highest BCUT2D eigenvalue weighted by Gasteiger charge is 2.53. The summed E-state index contributed by atoms with van der Waals surface area (Å²) in [7, 11) is 0. The summed E-state index contributed by atoms with van der Waals surface area (Å²) in [5, 5.41) is 0. The molecule has 11 heteroatoms. The lowest BCUT2D eigenvalue weighted by Crippen LogP contribution is -2.63. The Bertz CT molecular complexity index is 826. The minimum Gasteiger partial charge on any atom is -0.463 e. The summed E-state index contributed by atoms with van der Waals surface area (Å²) in [6.07, 6.45) is -6.08. The molecule has 0 aromatic heterocycles. The number of carbonyl (C=O) groups is 4. The van der Waals surface area contributed by atoms with E-state index in [9.17, 15) is 19.2 Å². The smallest absolute Gasteiger partial charge is 0.303 e. The first-order valence-corrected chi connectivity index (χ1v) is 10.4. The Balaban J connectivity index is 2.46. The minimum atomic E-state index is -1.27. The Morgan fingerprint density at radius 2 is 1.39 bits per heavy atom. The van der Waals surface area contributed by atoms with E-state index in [2.05, 4.69) is 22.6 Å². The van der Waals surface area contributed by atoms with Gasteiger partial charge in [-0.05, 0) is 34.7 Å². The number of rotatable bonds is 7. The highest BCUT2D eigenvalue weighted by molar-refractivity contribution is 14.1. The minimum absolute atomic E-state index is 0.316. The average Bonchev–Trinajstić information content (AvgIpc) is 2.65. The molecular formula is C20H23IO10. The van der Waals surface area contributed by atoms with Crippen molar-refractivity contribution in [2.75, 3.05) is 6.61 Å². The van der Waals surface area contributed by atoms with Gasteiger partial charge < -0.3 is 28.4 Å². The standard InChI is InChI=1S/C20H23IO10/c1-10(22)26-9-16-17(27-11(2)23)18(28-12(3)24)19(29-13(4)25)20(31-16)30-15-8-6-5-7-14(15)21/h5-8,16-20H,9H2,1-4H3/t16-,17-,18+,19-,20+/m1/s1. The monoisotopic (exact) mass is 550 g/mol. The first-order valence-electron chi connectivity index (χ1n) is 9.30. The summed E-state index contributed by atoms with van der Waals surface area (Å²) in [6, 6.07) is 7.02. The molecule has 0 spiro atoms. The van der Waals surface area contributed by atoms with Crippen molar-refractivity contribution < 1.29 is 47.6 Å². The van der Waals surface area contributed by atoms with E-state index in [-0.39, 0.29) is 6.61 Å². The van der Waals surface area contributed by atoms with Crippen molar-refractivity contribution in [1.29, 1.82) is 0 Å². The van der Waals surface area contributed by atoms with Crippen LogP contribution in [0.4, 0.5) is 0 Å². The molecule has 0 saturated carbocycles. The fraction of sp³-hybridized carbons (Fsp3) is 0.500. The van der Waals surface area contributed by atoms with Crippen molar-refractivity contribution in [1.82, 2.24) is 0 Å². The van der Waals surface area contributed by atoms with Crippen molar-refractivity contribution in [3.8, 4) is 5.75 Å². The molecule has 0 radical (unpaired) electrons. The fourth-order valence-corrected chi connectivity index (χ4v) is 3.46. The second kappa shape index (κ2) is 11.3. The zero-order valence-electron chi connectivity index (χ0n) is 17.4. The van der Waals surface area contributed by atoms with Crippen LogP contribution in [0, 0.1) is 3.57 Å². The topological polar surface area (TPSA) is 124 Å². The molecule has 1 aromatic rings. The maximum absolute atomic E-state index is 11.8. The molecular weight excluding hydrogens is 527 g/mol. The van der Waals surface area contributed by atoms with E-state index >= 15 is 0 Å². The van der Waals surface area contributed by atoms with Gasteiger partial charge in [0.2, 0.25) is 12.4 Å². The third-order valence-corrected chi connectivity index (χ3v) is 4.92. The van der Waals surface area contributed by atoms with Crippen LogP contribution in [0.15, 0.2) is 24.3 Å². The summed E-state index contributed by atoms with van der Waals surface area (Å²) < 4.78 is 33.6. The van der Waals surface area contributed by atoms with Crippen LogP contribution in [0.25, 0.3) is 0 Å². The third kappa shape index (κ3) is 7.35. The second-order valence-electron chi connectivity index (χ2n) is 6.62. The predicted molar refractivity (Wildman–Crippen MR) is 112 cm³/mol. The van der Waals surface area contributed by atoms with E-state index in [0.29, 0.717) is 5.75 Å². The highest BCUT2D eigenvalue weighted by atomic mass is 127. The SMILES string of the molecule is CC(=O)OC[C@H]1O[C@H](Oc2ccccc2I)[C@H](OC(C)=O)[C@@H](OC(C)=O)[C@@H]1OC(C)=O. The molecule has 1 aliphatic rings. The third-order valence-electron chi connectivity index (χ3n) is 4.03. The summed E-state index contributed by atoms with van der Waals surface area (Å²) in [6.45, 7) is 4.37. The van der Waals surface area contributed by atoms with Gasteiger partial charge in [0.15, 0.2) is 12.2 Å². The van der Waals surface area contributed by atoms with Gasteiger partial charge in [-0.15, -0.1) is 0 Å². The van der Waals surface area contributed by atoms with Crippen LogP contribution in [-0.2, 0) is 42.9 Å². The first kappa shape index (κ1) is 24.9. The van der Waals surface area contributed by atoms with E-state index < -0.39 is 54.6 Å². The van der Waals surface area contributed by atoms with E-state index in [1.807, 2.05) is 6.07 Å². The lowest BCUT2D eigenvalue weighted by molar-refractivity contribution is -0.288. The zero-order chi connectivity index (χ0) is 23.1. The fourth-order valence-electron chi connectivity index (χ4n) is 2.95. The molecule has 1 fully saturated rings. The number of hydrogen-bond donors (Lipinski definition) is 0. The van der Waals surface area contributed by atoms with Crippen LogP contribution in [-0.4, -0.2) is 61.2 Å².